The Labute approximate surface area is 82.3 Å². The molecule has 1 unspecified atom stereocenters. The molecular formula is C9H15NO4. The minimum Gasteiger partial charge on any atom is -0.465 e. The molecule has 0 aromatic heterocycles. The fourth-order valence-corrected chi connectivity index (χ4v) is 2.27. The zero-order valence-corrected chi connectivity index (χ0v) is 7.98. The molecule has 0 saturated carbocycles. The van der Waals surface area contributed by atoms with Gasteiger partial charge in [-0.15, -0.1) is 0 Å². The number of carboxylic acid groups (broad SMARTS) is 1. The van der Waals surface area contributed by atoms with E-state index in [1.165, 1.54) is 4.90 Å². The third-order valence-corrected chi connectivity index (χ3v) is 3.40. The number of aliphatic hydroxyl groups excluding tert-OH is 1. The zero-order chi connectivity index (χ0) is 10.2. The van der Waals surface area contributed by atoms with E-state index in [0.717, 1.165) is 0 Å². The van der Waals surface area contributed by atoms with Crippen LogP contribution in [0.25, 0.3) is 0 Å². The van der Waals surface area contributed by atoms with E-state index in [1.807, 2.05) is 0 Å². The van der Waals surface area contributed by atoms with Crippen molar-refractivity contribution >= 4 is 6.09 Å². The lowest BCUT2D eigenvalue weighted by molar-refractivity contribution is 0.0147. The van der Waals surface area contributed by atoms with Crippen molar-refractivity contribution in [1.82, 2.24) is 4.90 Å². The molecule has 1 atom stereocenters. The quantitative estimate of drug-likeness (QED) is 0.584. The number of ether oxygens (including phenoxy) is 1. The van der Waals surface area contributed by atoms with E-state index in [1.54, 1.807) is 0 Å². The van der Waals surface area contributed by atoms with Crippen molar-refractivity contribution < 1.29 is 19.7 Å². The molecule has 2 aliphatic heterocycles. The Balaban J connectivity index is 1.98. The minimum atomic E-state index is -0.867. The summed E-state index contributed by atoms with van der Waals surface area (Å²) in [6, 6.07) is 0. The van der Waals surface area contributed by atoms with E-state index in [9.17, 15) is 9.90 Å². The summed E-state index contributed by atoms with van der Waals surface area (Å²) in [6.45, 7) is 1.99. The van der Waals surface area contributed by atoms with E-state index < -0.39 is 12.2 Å². The predicted octanol–water partition coefficient (Wildman–Crippen LogP) is 0.138. The molecule has 5 heteroatoms. The monoisotopic (exact) mass is 201 g/mol. The van der Waals surface area contributed by atoms with Crippen LogP contribution >= 0.6 is 0 Å². The van der Waals surface area contributed by atoms with Crippen molar-refractivity contribution in [3.05, 3.63) is 0 Å². The molecule has 80 valence electrons. The fourth-order valence-electron chi connectivity index (χ4n) is 2.27. The first-order valence-electron chi connectivity index (χ1n) is 4.88. The van der Waals surface area contributed by atoms with Crippen LogP contribution in [0, 0.1) is 5.41 Å². The average Bonchev–Trinajstić information content (AvgIpc) is 2.49. The van der Waals surface area contributed by atoms with Gasteiger partial charge in [0.1, 0.15) is 0 Å². The molecular weight excluding hydrogens is 186 g/mol. The van der Waals surface area contributed by atoms with Crippen LogP contribution in [0.2, 0.25) is 0 Å². The highest BCUT2D eigenvalue weighted by Gasteiger charge is 2.45. The molecule has 0 aliphatic carbocycles. The minimum absolute atomic E-state index is 0.175. The van der Waals surface area contributed by atoms with Crippen LogP contribution in [0.3, 0.4) is 0 Å². The Bertz CT molecular complexity index is 235. The van der Waals surface area contributed by atoms with Gasteiger partial charge >= 0.3 is 6.09 Å². The number of rotatable bonds is 0. The number of hydrogen-bond acceptors (Lipinski definition) is 3. The summed E-state index contributed by atoms with van der Waals surface area (Å²) >= 11 is 0. The Kier molecular flexibility index (Phi) is 2.36. The first-order valence-corrected chi connectivity index (χ1v) is 4.88. The van der Waals surface area contributed by atoms with E-state index in [4.69, 9.17) is 9.84 Å². The molecule has 0 radical (unpaired) electrons. The van der Waals surface area contributed by atoms with Crippen LogP contribution < -0.4 is 0 Å². The Morgan fingerprint density at radius 3 is 2.50 bits per heavy atom. The van der Waals surface area contributed by atoms with Crippen LogP contribution in [0.4, 0.5) is 4.79 Å². The van der Waals surface area contributed by atoms with Gasteiger partial charge in [-0.2, -0.15) is 0 Å². The Morgan fingerprint density at radius 1 is 1.43 bits per heavy atom. The maximum atomic E-state index is 10.7. The summed E-state index contributed by atoms with van der Waals surface area (Å²) < 4.78 is 5.23. The second-order valence-corrected chi connectivity index (χ2v) is 4.16. The van der Waals surface area contributed by atoms with Crippen molar-refractivity contribution in [1.29, 1.82) is 0 Å². The molecule has 2 aliphatic rings. The number of aliphatic hydroxyl groups is 1. The number of amides is 1. The smallest absolute Gasteiger partial charge is 0.407 e. The van der Waals surface area contributed by atoms with Gasteiger partial charge in [0, 0.05) is 18.5 Å². The number of carbonyl (C=O) groups is 1. The first kappa shape index (κ1) is 9.73. The van der Waals surface area contributed by atoms with Gasteiger partial charge in [-0.3, -0.25) is 0 Å². The largest absolute Gasteiger partial charge is 0.465 e. The topological polar surface area (TPSA) is 70.0 Å². The van der Waals surface area contributed by atoms with Gasteiger partial charge in [0.2, 0.25) is 0 Å². The van der Waals surface area contributed by atoms with Gasteiger partial charge in [0.15, 0.2) is 0 Å². The third-order valence-electron chi connectivity index (χ3n) is 3.40. The number of likely N-dealkylation sites (tertiary alicyclic amines) is 1. The Hall–Kier alpha value is -0.810. The zero-order valence-electron chi connectivity index (χ0n) is 7.98. The lowest BCUT2D eigenvalue weighted by Gasteiger charge is -2.38. The second-order valence-electron chi connectivity index (χ2n) is 4.16. The summed E-state index contributed by atoms with van der Waals surface area (Å²) in [4.78, 5) is 12.1. The van der Waals surface area contributed by atoms with Crippen LogP contribution in [-0.4, -0.2) is 53.6 Å². The number of piperidine rings is 1. The van der Waals surface area contributed by atoms with Crippen LogP contribution in [0.5, 0.6) is 0 Å². The van der Waals surface area contributed by atoms with Gasteiger partial charge in [-0.25, -0.2) is 4.79 Å². The van der Waals surface area contributed by atoms with Crippen molar-refractivity contribution in [2.75, 3.05) is 26.3 Å². The lowest BCUT2D eigenvalue weighted by Crippen LogP contribution is -2.47. The molecule has 5 nitrogen and oxygen atoms in total. The molecule has 2 rings (SSSR count). The van der Waals surface area contributed by atoms with Gasteiger partial charge < -0.3 is 19.8 Å². The molecule has 2 fully saturated rings. The highest BCUT2D eigenvalue weighted by Crippen LogP contribution is 2.39. The molecule has 1 spiro atoms. The molecule has 2 saturated heterocycles. The van der Waals surface area contributed by atoms with E-state index in [0.29, 0.717) is 39.1 Å². The highest BCUT2D eigenvalue weighted by atomic mass is 16.5. The number of hydrogen-bond donors (Lipinski definition) is 2. The van der Waals surface area contributed by atoms with E-state index in [-0.39, 0.29) is 5.41 Å². The molecule has 1 amide bonds. The molecule has 2 heterocycles. The standard InChI is InChI=1S/C9H15NO4/c11-7-5-14-6-9(7)1-3-10(4-2-9)8(12)13/h7,11H,1-6H2,(H,12,13). The van der Waals surface area contributed by atoms with E-state index in [2.05, 4.69) is 0 Å². The first-order chi connectivity index (χ1) is 6.64. The average molecular weight is 201 g/mol. The summed E-state index contributed by atoms with van der Waals surface area (Å²) in [6.07, 6.45) is 0.132. The van der Waals surface area contributed by atoms with Crippen molar-refractivity contribution in [3.63, 3.8) is 0 Å². The maximum absolute atomic E-state index is 10.7. The lowest BCUT2D eigenvalue weighted by atomic mass is 9.76. The Morgan fingerprint density at radius 2 is 2.07 bits per heavy atom. The van der Waals surface area contributed by atoms with Gasteiger partial charge in [-0.1, -0.05) is 0 Å². The summed E-state index contributed by atoms with van der Waals surface area (Å²) in [5.74, 6) is 0. The molecule has 2 N–H and O–H groups in total. The predicted molar refractivity (Wildman–Crippen MR) is 48.1 cm³/mol. The SMILES string of the molecule is O=C(O)N1CCC2(CC1)COCC2O. The van der Waals surface area contributed by atoms with Crippen LogP contribution in [0.1, 0.15) is 12.8 Å². The van der Waals surface area contributed by atoms with Gasteiger partial charge in [-0.05, 0) is 12.8 Å². The molecule has 14 heavy (non-hydrogen) atoms. The molecule has 0 aromatic rings. The number of nitrogens with zero attached hydrogens (tertiary/aromatic N) is 1. The summed E-state index contributed by atoms with van der Waals surface area (Å²) in [5.41, 5.74) is -0.175. The van der Waals surface area contributed by atoms with Crippen LogP contribution in [-0.2, 0) is 4.74 Å². The van der Waals surface area contributed by atoms with Crippen molar-refractivity contribution in [3.8, 4) is 0 Å². The van der Waals surface area contributed by atoms with Gasteiger partial charge in [0.25, 0.3) is 0 Å². The summed E-state index contributed by atoms with van der Waals surface area (Å²) in [7, 11) is 0. The summed E-state index contributed by atoms with van der Waals surface area (Å²) in [5, 5.41) is 18.5. The molecule has 0 bridgehead atoms. The van der Waals surface area contributed by atoms with Crippen LogP contribution in [0.15, 0.2) is 0 Å². The highest BCUT2D eigenvalue weighted by molar-refractivity contribution is 5.65. The van der Waals surface area contributed by atoms with Crippen molar-refractivity contribution in [2.24, 2.45) is 5.41 Å². The van der Waals surface area contributed by atoms with Gasteiger partial charge in [0.05, 0.1) is 19.3 Å². The fraction of sp³-hybridized carbons (Fsp3) is 0.889. The maximum Gasteiger partial charge on any atom is 0.407 e. The van der Waals surface area contributed by atoms with Crippen molar-refractivity contribution in [2.45, 2.75) is 18.9 Å². The normalized spacial score (nSPS) is 30.9. The molecule has 0 aromatic carbocycles. The third kappa shape index (κ3) is 1.46. The second kappa shape index (κ2) is 3.40. The van der Waals surface area contributed by atoms with E-state index >= 15 is 0 Å².